The van der Waals surface area contributed by atoms with Gasteiger partial charge >= 0.3 is 0 Å². The second kappa shape index (κ2) is 8.90. The van der Waals surface area contributed by atoms with Crippen LogP contribution in [0.1, 0.15) is 33.1 Å². The van der Waals surface area contributed by atoms with Crippen LogP contribution in [0, 0.1) is 0 Å². The van der Waals surface area contributed by atoms with Gasteiger partial charge in [-0.25, -0.2) is 0 Å². The van der Waals surface area contributed by atoms with Crippen LogP contribution in [0.15, 0.2) is 30.6 Å². The van der Waals surface area contributed by atoms with Gasteiger partial charge in [0, 0.05) is 29.6 Å². The maximum Gasteiger partial charge on any atom is 0.163 e. The number of aromatic nitrogens is 2. The van der Waals surface area contributed by atoms with Crippen molar-refractivity contribution in [1.82, 2.24) is 14.9 Å². The fraction of sp³-hybridized carbons (Fsp3) is 0.476. The van der Waals surface area contributed by atoms with Crippen LogP contribution in [-0.4, -0.2) is 48.2 Å². The smallest absolute Gasteiger partial charge is 0.163 e. The summed E-state index contributed by atoms with van der Waals surface area (Å²) in [5.41, 5.74) is 2.08. The first-order valence-corrected chi connectivity index (χ1v) is 9.64. The molecule has 0 amide bonds. The quantitative estimate of drug-likeness (QED) is 0.656. The van der Waals surface area contributed by atoms with Crippen LogP contribution >= 0.6 is 0 Å². The molecule has 5 heteroatoms. The van der Waals surface area contributed by atoms with E-state index in [1.54, 1.807) is 7.11 Å². The minimum atomic E-state index is 0.708. The molecule has 3 heterocycles. The number of pyridine rings is 1. The molecule has 1 N–H and O–H groups in total. The molecule has 0 saturated carbocycles. The van der Waals surface area contributed by atoms with Crippen molar-refractivity contribution in [3.8, 4) is 11.5 Å². The highest BCUT2D eigenvalue weighted by Gasteiger charge is 2.13. The van der Waals surface area contributed by atoms with E-state index in [-0.39, 0.29) is 0 Å². The van der Waals surface area contributed by atoms with Gasteiger partial charge < -0.3 is 19.4 Å². The monoisotopic (exact) mass is 355 g/mol. The SMILES string of the molecule is CC.COc1cc2c(cc1OCCCN1CCCC1)[nH]c1cnccc12. The van der Waals surface area contributed by atoms with Crippen molar-refractivity contribution in [2.24, 2.45) is 0 Å². The third kappa shape index (κ3) is 3.93. The molecular weight excluding hydrogens is 326 g/mol. The van der Waals surface area contributed by atoms with Gasteiger partial charge in [-0.15, -0.1) is 0 Å². The van der Waals surface area contributed by atoms with E-state index >= 15 is 0 Å². The van der Waals surface area contributed by atoms with E-state index in [4.69, 9.17) is 9.47 Å². The zero-order valence-electron chi connectivity index (χ0n) is 16.0. The second-order valence-corrected chi connectivity index (χ2v) is 6.35. The Balaban J connectivity index is 0.000000948. The lowest BCUT2D eigenvalue weighted by Gasteiger charge is -2.15. The number of likely N-dealkylation sites (tertiary alicyclic amines) is 1. The Bertz CT molecular complexity index is 838. The molecule has 0 atom stereocenters. The normalized spacial score (nSPS) is 14.4. The summed E-state index contributed by atoms with van der Waals surface area (Å²) in [5, 5.41) is 2.28. The largest absolute Gasteiger partial charge is 0.493 e. The number of hydrogen-bond acceptors (Lipinski definition) is 4. The van der Waals surface area contributed by atoms with Crippen molar-refractivity contribution in [3.63, 3.8) is 0 Å². The number of hydrogen-bond donors (Lipinski definition) is 1. The number of nitrogens with zero attached hydrogens (tertiary/aromatic N) is 2. The third-order valence-electron chi connectivity index (χ3n) is 4.76. The van der Waals surface area contributed by atoms with Crippen LogP contribution in [0.3, 0.4) is 0 Å². The molecule has 0 radical (unpaired) electrons. The van der Waals surface area contributed by atoms with Crippen LogP contribution in [0.4, 0.5) is 0 Å². The lowest BCUT2D eigenvalue weighted by atomic mass is 10.1. The number of aromatic amines is 1. The van der Waals surface area contributed by atoms with E-state index in [0.29, 0.717) is 6.61 Å². The molecular formula is C21H29N3O2. The predicted octanol–water partition coefficient (Wildman–Crippen LogP) is 4.62. The van der Waals surface area contributed by atoms with Crippen molar-refractivity contribution in [2.75, 3.05) is 33.4 Å². The molecule has 1 aromatic carbocycles. The molecule has 3 aromatic rings. The van der Waals surface area contributed by atoms with Crippen molar-refractivity contribution < 1.29 is 9.47 Å². The zero-order chi connectivity index (χ0) is 18.4. The summed E-state index contributed by atoms with van der Waals surface area (Å²) in [6.45, 7) is 8.29. The molecule has 0 bridgehead atoms. The van der Waals surface area contributed by atoms with Crippen molar-refractivity contribution in [3.05, 3.63) is 30.6 Å². The van der Waals surface area contributed by atoms with Gasteiger partial charge in [0.1, 0.15) is 0 Å². The van der Waals surface area contributed by atoms with Crippen LogP contribution in [0.5, 0.6) is 11.5 Å². The number of rotatable bonds is 6. The topological polar surface area (TPSA) is 50.4 Å². The Morgan fingerprint density at radius 3 is 2.65 bits per heavy atom. The Morgan fingerprint density at radius 1 is 1.08 bits per heavy atom. The van der Waals surface area contributed by atoms with E-state index in [2.05, 4.69) is 14.9 Å². The fourth-order valence-corrected chi connectivity index (χ4v) is 3.51. The molecule has 5 nitrogen and oxygen atoms in total. The number of nitrogens with one attached hydrogen (secondary N) is 1. The van der Waals surface area contributed by atoms with E-state index in [9.17, 15) is 0 Å². The molecule has 1 saturated heterocycles. The van der Waals surface area contributed by atoms with Gasteiger partial charge in [0.25, 0.3) is 0 Å². The number of H-pyrrole nitrogens is 1. The predicted molar refractivity (Wildman–Crippen MR) is 107 cm³/mol. The average molecular weight is 355 g/mol. The van der Waals surface area contributed by atoms with Crippen LogP contribution < -0.4 is 9.47 Å². The van der Waals surface area contributed by atoms with Gasteiger partial charge in [0.2, 0.25) is 0 Å². The first kappa shape index (κ1) is 18.5. The Hall–Kier alpha value is -2.27. The number of ether oxygens (including phenoxy) is 2. The Labute approximate surface area is 155 Å². The van der Waals surface area contributed by atoms with Gasteiger partial charge in [-0.1, -0.05) is 13.8 Å². The number of benzene rings is 1. The van der Waals surface area contributed by atoms with Crippen molar-refractivity contribution >= 4 is 21.8 Å². The molecule has 140 valence electrons. The van der Waals surface area contributed by atoms with Gasteiger partial charge in [0.15, 0.2) is 11.5 Å². The molecule has 0 spiro atoms. The van der Waals surface area contributed by atoms with Crippen molar-refractivity contribution in [1.29, 1.82) is 0 Å². The maximum absolute atomic E-state index is 6.00. The van der Waals surface area contributed by atoms with Gasteiger partial charge in [0.05, 0.1) is 30.9 Å². The van der Waals surface area contributed by atoms with Crippen LogP contribution in [0.2, 0.25) is 0 Å². The summed E-state index contributed by atoms with van der Waals surface area (Å²) >= 11 is 0. The maximum atomic E-state index is 6.00. The Kier molecular flexibility index (Phi) is 6.34. The summed E-state index contributed by atoms with van der Waals surface area (Å²) in [4.78, 5) is 10.1. The minimum Gasteiger partial charge on any atom is -0.493 e. The summed E-state index contributed by atoms with van der Waals surface area (Å²) in [6, 6.07) is 6.10. The highest BCUT2D eigenvalue weighted by Crippen LogP contribution is 2.35. The highest BCUT2D eigenvalue weighted by molar-refractivity contribution is 6.07. The molecule has 1 fully saturated rings. The van der Waals surface area contributed by atoms with Crippen LogP contribution in [-0.2, 0) is 0 Å². The molecule has 2 aromatic heterocycles. The average Bonchev–Trinajstić information content (AvgIpc) is 3.33. The fourth-order valence-electron chi connectivity index (χ4n) is 3.51. The van der Waals surface area contributed by atoms with E-state index in [1.807, 2.05) is 44.4 Å². The van der Waals surface area contributed by atoms with Gasteiger partial charge in [-0.05, 0) is 44.5 Å². The molecule has 1 aliphatic rings. The first-order chi connectivity index (χ1) is 12.8. The summed E-state index contributed by atoms with van der Waals surface area (Å²) in [5.74, 6) is 1.58. The lowest BCUT2D eigenvalue weighted by molar-refractivity contribution is 0.254. The number of fused-ring (bicyclic) bond motifs is 3. The number of methoxy groups -OCH3 is 1. The van der Waals surface area contributed by atoms with E-state index in [1.165, 1.54) is 25.9 Å². The molecule has 26 heavy (non-hydrogen) atoms. The first-order valence-electron chi connectivity index (χ1n) is 9.64. The van der Waals surface area contributed by atoms with E-state index in [0.717, 1.165) is 46.3 Å². The molecule has 1 aliphatic heterocycles. The van der Waals surface area contributed by atoms with Crippen LogP contribution in [0.25, 0.3) is 21.8 Å². The van der Waals surface area contributed by atoms with Crippen molar-refractivity contribution in [2.45, 2.75) is 33.1 Å². The summed E-state index contributed by atoms with van der Waals surface area (Å²) < 4.78 is 11.5. The molecule has 0 aliphatic carbocycles. The molecule has 0 unspecified atom stereocenters. The summed E-state index contributed by atoms with van der Waals surface area (Å²) in [7, 11) is 1.69. The zero-order valence-corrected chi connectivity index (χ0v) is 16.0. The standard InChI is InChI=1S/C19H23N3O2.C2H6/c1-23-18-11-15-14-5-6-20-13-17(14)21-16(15)12-19(18)24-10-4-9-22-7-2-3-8-22;1-2/h5-6,11-13,21H,2-4,7-10H2,1H3;1-2H3. The van der Waals surface area contributed by atoms with E-state index < -0.39 is 0 Å². The second-order valence-electron chi connectivity index (χ2n) is 6.35. The lowest BCUT2D eigenvalue weighted by Crippen LogP contribution is -2.21. The molecule has 4 rings (SSSR count). The Morgan fingerprint density at radius 2 is 1.88 bits per heavy atom. The minimum absolute atomic E-state index is 0.708. The van der Waals surface area contributed by atoms with Gasteiger partial charge in [-0.3, -0.25) is 4.98 Å². The summed E-state index contributed by atoms with van der Waals surface area (Å²) in [6.07, 6.45) is 7.36. The highest BCUT2D eigenvalue weighted by atomic mass is 16.5. The third-order valence-corrected chi connectivity index (χ3v) is 4.76. The van der Waals surface area contributed by atoms with Gasteiger partial charge in [-0.2, -0.15) is 0 Å².